The zero-order valence-electron chi connectivity index (χ0n) is 16.9. The molecular formula is C21H17N3O7S. The van der Waals surface area contributed by atoms with Gasteiger partial charge >= 0.3 is 11.7 Å². The molecule has 0 atom stereocenters. The number of aromatic nitrogens is 2. The Hall–Kier alpha value is -3.86. The maximum atomic E-state index is 12.8. The fourth-order valence-electron chi connectivity index (χ4n) is 3.47. The van der Waals surface area contributed by atoms with E-state index >= 15 is 0 Å². The molecule has 0 radical (unpaired) electrons. The number of ether oxygens (including phenoxy) is 3. The van der Waals surface area contributed by atoms with Crippen LogP contribution < -0.4 is 20.0 Å². The highest BCUT2D eigenvalue weighted by atomic mass is 32.1. The predicted molar refractivity (Wildman–Crippen MR) is 114 cm³/mol. The van der Waals surface area contributed by atoms with Crippen LogP contribution in [0.1, 0.15) is 6.92 Å². The van der Waals surface area contributed by atoms with E-state index in [-0.39, 0.29) is 26.5 Å². The summed E-state index contributed by atoms with van der Waals surface area (Å²) >= 11 is 1.22. The topological polar surface area (TPSA) is 114 Å². The number of esters is 1. The van der Waals surface area contributed by atoms with Gasteiger partial charge < -0.3 is 23.2 Å². The molecule has 0 unspecified atom stereocenters. The van der Waals surface area contributed by atoms with Crippen molar-refractivity contribution in [2.45, 2.75) is 20.0 Å². The van der Waals surface area contributed by atoms with Crippen LogP contribution in [-0.2, 0) is 27.4 Å². The van der Waals surface area contributed by atoms with E-state index in [0.29, 0.717) is 32.9 Å². The second-order valence-corrected chi connectivity index (χ2v) is 7.89. The number of amides is 1. The Morgan fingerprint density at radius 3 is 2.69 bits per heavy atom. The van der Waals surface area contributed by atoms with Crippen LogP contribution in [0.3, 0.4) is 0 Å². The SMILES string of the molecule is CCOC(=O)Cn1c(=NC(=O)Cn2c(=O)oc3ccccc32)sc2cc3c(cc21)OCO3. The zero-order valence-corrected chi connectivity index (χ0v) is 17.7. The standard InChI is InChI=1S/C21H17N3O7S/c1-2-28-19(26)10-23-13-7-15-16(30-11-29-15)8-17(13)32-20(23)22-18(25)9-24-12-5-3-4-6-14(12)31-21(24)27/h3-8H,2,9-11H2,1H3. The third-order valence-electron chi connectivity index (χ3n) is 4.86. The Kier molecular flexibility index (Phi) is 5.02. The van der Waals surface area contributed by atoms with Crippen molar-refractivity contribution in [1.82, 2.24) is 9.13 Å². The lowest BCUT2D eigenvalue weighted by Crippen LogP contribution is -2.25. The second-order valence-electron chi connectivity index (χ2n) is 6.88. The number of hydrogen-bond acceptors (Lipinski definition) is 8. The van der Waals surface area contributed by atoms with Gasteiger partial charge in [0.05, 0.1) is 22.3 Å². The second kappa shape index (κ2) is 8.00. The van der Waals surface area contributed by atoms with Crippen molar-refractivity contribution in [1.29, 1.82) is 0 Å². The number of nitrogens with zero attached hydrogens (tertiary/aromatic N) is 3. The largest absolute Gasteiger partial charge is 0.465 e. The first-order valence-electron chi connectivity index (χ1n) is 9.78. The molecule has 0 fully saturated rings. The van der Waals surface area contributed by atoms with E-state index in [1.54, 1.807) is 47.9 Å². The monoisotopic (exact) mass is 455 g/mol. The number of rotatable bonds is 5. The number of para-hydroxylation sites is 2. The first kappa shape index (κ1) is 20.1. The molecule has 10 nitrogen and oxygen atoms in total. The summed E-state index contributed by atoms with van der Waals surface area (Å²) < 4.78 is 24.7. The van der Waals surface area contributed by atoms with E-state index in [1.807, 2.05) is 0 Å². The average Bonchev–Trinajstić information content (AvgIpc) is 3.43. The van der Waals surface area contributed by atoms with Gasteiger partial charge in [-0.1, -0.05) is 23.5 Å². The molecule has 11 heteroatoms. The molecule has 0 saturated heterocycles. The van der Waals surface area contributed by atoms with E-state index in [9.17, 15) is 14.4 Å². The summed E-state index contributed by atoms with van der Waals surface area (Å²) in [7, 11) is 0. The van der Waals surface area contributed by atoms with Crippen LogP contribution in [-0.4, -0.2) is 34.4 Å². The van der Waals surface area contributed by atoms with Crippen LogP contribution >= 0.6 is 11.3 Å². The molecule has 5 rings (SSSR count). The van der Waals surface area contributed by atoms with E-state index < -0.39 is 17.6 Å². The molecular weight excluding hydrogens is 438 g/mol. The summed E-state index contributed by atoms with van der Waals surface area (Å²) in [4.78, 5) is 41.6. The molecule has 1 aliphatic rings. The Balaban J connectivity index is 1.57. The number of benzene rings is 2. The quantitative estimate of drug-likeness (QED) is 0.423. The van der Waals surface area contributed by atoms with Crippen molar-refractivity contribution in [3.8, 4) is 11.5 Å². The van der Waals surface area contributed by atoms with Crippen LogP contribution in [0.15, 0.2) is 50.6 Å². The van der Waals surface area contributed by atoms with Gasteiger partial charge in [-0.05, 0) is 19.1 Å². The number of oxazole rings is 1. The van der Waals surface area contributed by atoms with Gasteiger partial charge in [-0.25, -0.2) is 4.79 Å². The minimum Gasteiger partial charge on any atom is -0.465 e. The Morgan fingerprint density at radius 1 is 1.09 bits per heavy atom. The lowest BCUT2D eigenvalue weighted by atomic mass is 10.3. The molecule has 4 aromatic rings. The van der Waals surface area contributed by atoms with E-state index in [2.05, 4.69) is 4.99 Å². The van der Waals surface area contributed by atoms with Crippen molar-refractivity contribution in [3.05, 3.63) is 51.8 Å². The van der Waals surface area contributed by atoms with Crippen LogP contribution in [0.25, 0.3) is 21.3 Å². The Bertz CT molecular complexity index is 1490. The van der Waals surface area contributed by atoms with Crippen molar-refractivity contribution in [2.75, 3.05) is 13.4 Å². The van der Waals surface area contributed by atoms with Gasteiger partial charge in [0.25, 0.3) is 5.91 Å². The summed E-state index contributed by atoms with van der Waals surface area (Å²) in [5.74, 6) is -0.548. The van der Waals surface area contributed by atoms with Gasteiger partial charge in [0.2, 0.25) is 6.79 Å². The van der Waals surface area contributed by atoms with Crippen molar-refractivity contribution >= 4 is 44.5 Å². The van der Waals surface area contributed by atoms with Crippen LogP contribution in [0, 0.1) is 0 Å². The molecule has 2 aromatic heterocycles. The lowest BCUT2D eigenvalue weighted by Gasteiger charge is -2.05. The summed E-state index contributed by atoms with van der Waals surface area (Å²) in [5.41, 5.74) is 1.55. The minimum absolute atomic E-state index is 0.119. The van der Waals surface area contributed by atoms with Gasteiger partial charge in [0.15, 0.2) is 21.9 Å². The summed E-state index contributed by atoms with van der Waals surface area (Å²) in [6.07, 6.45) is 0. The third-order valence-corrected chi connectivity index (χ3v) is 5.90. The van der Waals surface area contributed by atoms with E-state index in [4.69, 9.17) is 18.6 Å². The summed E-state index contributed by atoms with van der Waals surface area (Å²) in [6.45, 7) is 1.64. The first-order chi connectivity index (χ1) is 15.5. The number of fused-ring (bicyclic) bond motifs is 3. The van der Waals surface area contributed by atoms with Gasteiger partial charge in [-0.15, -0.1) is 0 Å². The third kappa shape index (κ3) is 3.56. The van der Waals surface area contributed by atoms with Crippen molar-refractivity contribution in [3.63, 3.8) is 0 Å². The molecule has 164 valence electrons. The smallest absolute Gasteiger partial charge is 0.420 e. The molecule has 3 heterocycles. The minimum atomic E-state index is -0.642. The molecule has 32 heavy (non-hydrogen) atoms. The highest BCUT2D eigenvalue weighted by Crippen LogP contribution is 2.37. The zero-order chi connectivity index (χ0) is 22.2. The summed E-state index contributed by atoms with van der Waals surface area (Å²) in [6, 6.07) is 10.3. The van der Waals surface area contributed by atoms with Crippen LogP contribution in [0.4, 0.5) is 0 Å². The molecule has 0 saturated carbocycles. The van der Waals surface area contributed by atoms with Crippen LogP contribution in [0.5, 0.6) is 11.5 Å². The van der Waals surface area contributed by atoms with Gasteiger partial charge in [0.1, 0.15) is 13.1 Å². The van der Waals surface area contributed by atoms with E-state index in [0.717, 1.165) is 4.70 Å². The number of thiazole rings is 1. The fourth-order valence-corrected chi connectivity index (χ4v) is 4.53. The van der Waals surface area contributed by atoms with Gasteiger partial charge in [-0.2, -0.15) is 4.99 Å². The molecule has 0 aliphatic carbocycles. The molecule has 0 N–H and O–H groups in total. The Labute approximate surface area is 183 Å². The molecule has 1 amide bonds. The fraction of sp³-hybridized carbons (Fsp3) is 0.238. The molecule has 2 aromatic carbocycles. The maximum absolute atomic E-state index is 12.8. The molecule has 0 bridgehead atoms. The highest BCUT2D eigenvalue weighted by Gasteiger charge is 2.20. The van der Waals surface area contributed by atoms with Gasteiger partial charge in [-0.3, -0.25) is 14.2 Å². The number of hydrogen-bond donors (Lipinski definition) is 0. The molecule has 0 spiro atoms. The van der Waals surface area contributed by atoms with Gasteiger partial charge in [0, 0.05) is 12.1 Å². The number of carbonyl (C=O) groups is 2. The Morgan fingerprint density at radius 2 is 1.88 bits per heavy atom. The first-order valence-corrected chi connectivity index (χ1v) is 10.6. The maximum Gasteiger partial charge on any atom is 0.420 e. The van der Waals surface area contributed by atoms with Crippen LogP contribution in [0.2, 0.25) is 0 Å². The highest BCUT2D eigenvalue weighted by molar-refractivity contribution is 7.16. The molecule has 1 aliphatic heterocycles. The number of carbonyl (C=O) groups excluding carboxylic acids is 2. The van der Waals surface area contributed by atoms with E-state index in [1.165, 1.54) is 15.9 Å². The van der Waals surface area contributed by atoms with Crippen molar-refractivity contribution < 1.29 is 28.2 Å². The normalized spacial score (nSPS) is 13.2. The average molecular weight is 455 g/mol. The predicted octanol–water partition coefficient (Wildman–Crippen LogP) is 2.03. The van der Waals surface area contributed by atoms with Crippen molar-refractivity contribution in [2.24, 2.45) is 4.99 Å². The lowest BCUT2D eigenvalue weighted by molar-refractivity contribution is -0.143. The summed E-state index contributed by atoms with van der Waals surface area (Å²) in [5, 5.41) is 0.